The van der Waals surface area contributed by atoms with E-state index in [0.29, 0.717) is 6.04 Å². The van der Waals surface area contributed by atoms with Gasteiger partial charge in [-0.15, -0.1) is 0 Å². The van der Waals surface area contributed by atoms with Crippen molar-refractivity contribution in [2.75, 3.05) is 40.0 Å². The summed E-state index contributed by atoms with van der Waals surface area (Å²) in [5, 5.41) is 4.05. The van der Waals surface area contributed by atoms with Crippen LogP contribution in [-0.2, 0) is 9.47 Å². The second kappa shape index (κ2) is 7.81. The SMILES string of the molecule is CCOCCCNC(=S)N(C)C1CCOC1. The number of thiocarbonyl (C=S) groups is 1. The van der Waals surface area contributed by atoms with Gasteiger partial charge in [0.15, 0.2) is 5.11 Å². The van der Waals surface area contributed by atoms with Crippen molar-refractivity contribution in [2.45, 2.75) is 25.8 Å². The number of nitrogens with one attached hydrogen (secondary N) is 1. The summed E-state index contributed by atoms with van der Waals surface area (Å²) in [4.78, 5) is 2.10. The molecule has 0 spiro atoms. The van der Waals surface area contributed by atoms with Gasteiger partial charge in [-0.3, -0.25) is 0 Å². The van der Waals surface area contributed by atoms with E-state index in [0.717, 1.165) is 50.9 Å². The van der Waals surface area contributed by atoms with Gasteiger partial charge in [0.2, 0.25) is 0 Å². The Balaban J connectivity index is 2.09. The van der Waals surface area contributed by atoms with Crippen LogP contribution >= 0.6 is 12.2 Å². The molecule has 1 unspecified atom stereocenters. The van der Waals surface area contributed by atoms with Crippen molar-refractivity contribution in [2.24, 2.45) is 0 Å². The third-order valence-corrected chi connectivity index (χ3v) is 3.15. The molecular formula is C11H22N2O2S. The van der Waals surface area contributed by atoms with Crippen LogP contribution in [-0.4, -0.2) is 56.1 Å². The maximum Gasteiger partial charge on any atom is 0.169 e. The van der Waals surface area contributed by atoms with E-state index in [1.807, 2.05) is 14.0 Å². The summed E-state index contributed by atoms with van der Waals surface area (Å²) in [6, 6.07) is 0.437. The molecule has 0 aromatic carbocycles. The molecule has 0 aromatic heterocycles. The van der Waals surface area contributed by atoms with Crippen LogP contribution in [0.5, 0.6) is 0 Å². The fraction of sp³-hybridized carbons (Fsp3) is 0.909. The normalized spacial score (nSPS) is 19.8. The molecule has 0 amide bonds. The standard InChI is InChI=1S/C11H22N2O2S/c1-3-14-7-4-6-12-11(16)13(2)10-5-8-15-9-10/h10H,3-9H2,1-2H3,(H,12,16). The predicted octanol–water partition coefficient (Wildman–Crippen LogP) is 1.01. The lowest BCUT2D eigenvalue weighted by Gasteiger charge is -2.26. The van der Waals surface area contributed by atoms with Gasteiger partial charge in [-0.1, -0.05) is 0 Å². The van der Waals surface area contributed by atoms with Crippen molar-refractivity contribution >= 4 is 17.3 Å². The molecule has 5 heteroatoms. The van der Waals surface area contributed by atoms with Crippen LogP contribution in [0.1, 0.15) is 19.8 Å². The first-order chi connectivity index (χ1) is 7.75. The average molecular weight is 246 g/mol. The second-order valence-electron chi connectivity index (χ2n) is 3.91. The first kappa shape index (κ1) is 13.7. The maximum atomic E-state index is 5.34. The Morgan fingerprint density at radius 1 is 1.62 bits per heavy atom. The van der Waals surface area contributed by atoms with Crippen molar-refractivity contribution in [1.29, 1.82) is 0 Å². The van der Waals surface area contributed by atoms with E-state index in [1.165, 1.54) is 0 Å². The van der Waals surface area contributed by atoms with Crippen LogP contribution in [0.2, 0.25) is 0 Å². The Bertz CT molecular complexity index is 208. The van der Waals surface area contributed by atoms with Gasteiger partial charge >= 0.3 is 0 Å². The molecule has 0 saturated carbocycles. The molecule has 1 atom stereocenters. The molecular weight excluding hydrogens is 224 g/mol. The largest absolute Gasteiger partial charge is 0.382 e. The molecule has 1 aliphatic heterocycles. The monoisotopic (exact) mass is 246 g/mol. The maximum absolute atomic E-state index is 5.34. The molecule has 1 fully saturated rings. The van der Waals surface area contributed by atoms with Crippen LogP contribution in [0.15, 0.2) is 0 Å². The first-order valence-electron chi connectivity index (χ1n) is 5.92. The van der Waals surface area contributed by atoms with E-state index < -0.39 is 0 Å². The molecule has 94 valence electrons. The highest BCUT2D eigenvalue weighted by Gasteiger charge is 2.21. The topological polar surface area (TPSA) is 33.7 Å². The first-order valence-corrected chi connectivity index (χ1v) is 6.32. The average Bonchev–Trinajstić information content (AvgIpc) is 2.81. The number of ether oxygens (including phenoxy) is 2. The van der Waals surface area contributed by atoms with Gasteiger partial charge in [-0.2, -0.15) is 0 Å². The fourth-order valence-corrected chi connectivity index (χ4v) is 1.88. The fourth-order valence-electron chi connectivity index (χ4n) is 1.63. The zero-order chi connectivity index (χ0) is 11.8. The molecule has 1 rings (SSSR count). The molecule has 0 aromatic rings. The minimum absolute atomic E-state index is 0.437. The molecule has 1 saturated heterocycles. The van der Waals surface area contributed by atoms with Gasteiger partial charge in [0.1, 0.15) is 0 Å². The Morgan fingerprint density at radius 3 is 3.06 bits per heavy atom. The molecule has 1 aliphatic rings. The molecule has 1 heterocycles. The van der Waals surface area contributed by atoms with E-state index in [9.17, 15) is 0 Å². The molecule has 1 N–H and O–H groups in total. The van der Waals surface area contributed by atoms with Crippen molar-refractivity contribution < 1.29 is 9.47 Å². The Hall–Kier alpha value is -0.390. The van der Waals surface area contributed by atoms with E-state index in [2.05, 4.69) is 10.2 Å². The van der Waals surface area contributed by atoms with Gasteiger partial charge in [0.25, 0.3) is 0 Å². The summed E-state index contributed by atoms with van der Waals surface area (Å²) in [5.74, 6) is 0. The smallest absolute Gasteiger partial charge is 0.169 e. The van der Waals surface area contributed by atoms with E-state index in [1.54, 1.807) is 0 Å². The highest BCUT2D eigenvalue weighted by atomic mass is 32.1. The van der Waals surface area contributed by atoms with Crippen molar-refractivity contribution in [3.8, 4) is 0 Å². The summed E-state index contributed by atoms with van der Waals surface area (Å²) in [6.45, 7) is 6.09. The number of hydrogen-bond donors (Lipinski definition) is 1. The minimum atomic E-state index is 0.437. The van der Waals surface area contributed by atoms with Gasteiger partial charge in [0, 0.05) is 33.4 Å². The molecule has 4 nitrogen and oxygen atoms in total. The lowest BCUT2D eigenvalue weighted by molar-refractivity contribution is 0.145. The Labute approximate surface area is 103 Å². The summed E-state index contributed by atoms with van der Waals surface area (Å²) in [7, 11) is 2.03. The van der Waals surface area contributed by atoms with Crippen LogP contribution < -0.4 is 5.32 Å². The molecule has 0 aliphatic carbocycles. The number of rotatable bonds is 6. The summed E-state index contributed by atoms with van der Waals surface area (Å²) >= 11 is 5.31. The van der Waals surface area contributed by atoms with Crippen LogP contribution in [0.25, 0.3) is 0 Å². The minimum Gasteiger partial charge on any atom is -0.382 e. The van der Waals surface area contributed by atoms with Gasteiger partial charge in [-0.25, -0.2) is 0 Å². The third-order valence-electron chi connectivity index (χ3n) is 2.72. The zero-order valence-electron chi connectivity index (χ0n) is 10.2. The lowest BCUT2D eigenvalue weighted by Crippen LogP contribution is -2.44. The van der Waals surface area contributed by atoms with Crippen LogP contribution in [0.3, 0.4) is 0 Å². The summed E-state index contributed by atoms with van der Waals surface area (Å²) in [6.07, 6.45) is 2.06. The van der Waals surface area contributed by atoms with E-state index in [-0.39, 0.29) is 0 Å². The van der Waals surface area contributed by atoms with Crippen molar-refractivity contribution in [3.05, 3.63) is 0 Å². The number of nitrogens with zero attached hydrogens (tertiary/aromatic N) is 1. The quantitative estimate of drug-likeness (QED) is 0.559. The van der Waals surface area contributed by atoms with Crippen molar-refractivity contribution in [3.63, 3.8) is 0 Å². The molecule has 0 bridgehead atoms. The van der Waals surface area contributed by atoms with Crippen LogP contribution in [0.4, 0.5) is 0 Å². The highest BCUT2D eigenvalue weighted by Crippen LogP contribution is 2.10. The van der Waals surface area contributed by atoms with Gasteiger partial charge in [0.05, 0.1) is 12.6 Å². The van der Waals surface area contributed by atoms with E-state index >= 15 is 0 Å². The van der Waals surface area contributed by atoms with Crippen LogP contribution in [0, 0.1) is 0 Å². The Morgan fingerprint density at radius 2 is 2.44 bits per heavy atom. The Kier molecular flexibility index (Phi) is 6.68. The summed E-state index contributed by atoms with van der Waals surface area (Å²) < 4.78 is 10.6. The highest BCUT2D eigenvalue weighted by molar-refractivity contribution is 7.80. The van der Waals surface area contributed by atoms with Crippen molar-refractivity contribution in [1.82, 2.24) is 10.2 Å². The molecule has 16 heavy (non-hydrogen) atoms. The number of likely N-dealkylation sites (N-methyl/N-ethyl adjacent to an activating group) is 1. The lowest BCUT2D eigenvalue weighted by atomic mass is 10.2. The second-order valence-corrected chi connectivity index (χ2v) is 4.30. The van der Waals surface area contributed by atoms with Gasteiger partial charge < -0.3 is 19.7 Å². The molecule has 0 radical (unpaired) electrons. The summed E-state index contributed by atoms with van der Waals surface area (Å²) in [5.41, 5.74) is 0. The number of hydrogen-bond acceptors (Lipinski definition) is 3. The van der Waals surface area contributed by atoms with E-state index in [4.69, 9.17) is 21.7 Å². The van der Waals surface area contributed by atoms with Gasteiger partial charge in [-0.05, 0) is 32.0 Å². The zero-order valence-corrected chi connectivity index (χ0v) is 11.0. The predicted molar refractivity (Wildman–Crippen MR) is 68.7 cm³/mol. The third kappa shape index (κ3) is 4.63.